The van der Waals surface area contributed by atoms with Crippen molar-refractivity contribution in [2.45, 2.75) is 116 Å². The minimum absolute atomic E-state index is 0.0999. The second kappa shape index (κ2) is 13.6. The summed E-state index contributed by atoms with van der Waals surface area (Å²) in [7, 11) is -2.15. The molecule has 3 N–H and O–H groups in total. The number of benzene rings is 2. The number of hydrogen-bond donors (Lipinski definition) is 3. The Balaban J connectivity index is 1.45. The fourth-order valence-corrected chi connectivity index (χ4v) is 8.09. The zero-order chi connectivity index (χ0) is 37.9. The van der Waals surface area contributed by atoms with Crippen LogP contribution in [-0.2, 0) is 24.4 Å². The zero-order valence-electron chi connectivity index (χ0n) is 31.2. The largest absolute Gasteiger partial charge is 0.488 e. The van der Waals surface area contributed by atoms with Crippen LogP contribution in [0.2, 0.25) is 5.02 Å². The van der Waals surface area contributed by atoms with Crippen LogP contribution in [-0.4, -0.2) is 79.2 Å². The molecule has 3 amide bonds. The van der Waals surface area contributed by atoms with E-state index in [0.29, 0.717) is 29.4 Å². The van der Waals surface area contributed by atoms with Crippen LogP contribution < -0.4 is 24.8 Å². The third-order valence-electron chi connectivity index (χ3n) is 10.9. The lowest BCUT2D eigenvalue weighted by Crippen LogP contribution is -2.59. The number of likely N-dealkylation sites (tertiary alicyclic amines) is 1. The van der Waals surface area contributed by atoms with Gasteiger partial charge in [-0.25, -0.2) is 8.42 Å². The van der Waals surface area contributed by atoms with Crippen molar-refractivity contribution in [3.8, 4) is 11.5 Å². The lowest BCUT2D eigenvalue weighted by Gasteiger charge is -2.39. The third kappa shape index (κ3) is 7.88. The number of carbonyl (C=O) groups is 3. The number of sulfonamides is 1. The molecule has 2 aromatic rings. The summed E-state index contributed by atoms with van der Waals surface area (Å²) in [4.78, 5) is 43.3. The molecule has 3 fully saturated rings. The Kier molecular flexibility index (Phi) is 10.3. The second-order valence-electron chi connectivity index (χ2n) is 16.9. The van der Waals surface area contributed by atoms with Crippen molar-refractivity contribution < 1.29 is 32.3 Å². The summed E-state index contributed by atoms with van der Waals surface area (Å²) >= 11 is 6.48. The van der Waals surface area contributed by atoms with Gasteiger partial charge in [-0.15, -0.1) is 6.58 Å². The van der Waals surface area contributed by atoms with Crippen molar-refractivity contribution in [3.63, 3.8) is 0 Å². The van der Waals surface area contributed by atoms with Crippen molar-refractivity contribution in [2.75, 3.05) is 13.6 Å². The molecule has 0 spiro atoms. The predicted molar refractivity (Wildman–Crippen MR) is 199 cm³/mol. The molecule has 2 saturated carbocycles. The first-order chi connectivity index (χ1) is 23.5. The first-order valence-corrected chi connectivity index (χ1v) is 19.5. The Hall–Kier alpha value is -3.35. The molecule has 11 nitrogen and oxygen atoms in total. The van der Waals surface area contributed by atoms with Crippen LogP contribution in [0.15, 0.2) is 43.0 Å². The van der Waals surface area contributed by atoms with Crippen LogP contribution in [0.4, 0.5) is 0 Å². The smallest absolute Gasteiger partial charge is 0.259 e. The molecule has 3 aliphatic rings. The van der Waals surface area contributed by atoms with E-state index in [-0.39, 0.29) is 30.7 Å². The average molecular weight is 745 g/mol. The van der Waals surface area contributed by atoms with E-state index in [4.69, 9.17) is 21.1 Å². The molecule has 1 heterocycles. The first kappa shape index (κ1) is 38.9. The van der Waals surface area contributed by atoms with E-state index in [1.54, 1.807) is 13.1 Å². The van der Waals surface area contributed by atoms with Gasteiger partial charge in [0.15, 0.2) is 0 Å². The summed E-state index contributed by atoms with van der Waals surface area (Å²) in [6, 6.07) is 7.54. The number of ether oxygens (including phenoxy) is 2. The predicted octanol–water partition coefficient (Wildman–Crippen LogP) is 5.35. The topological polar surface area (TPSA) is 143 Å². The van der Waals surface area contributed by atoms with Crippen molar-refractivity contribution in [1.82, 2.24) is 20.3 Å². The highest BCUT2D eigenvalue weighted by atomic mass is 35.5. The minimum atomic E-state index is -3.85. The number of fused-ring (bicyclic) bond motifs is 1. The van der Waals surface area contributed by atoms with Crippen LogP contribution in [0.1, 0.15) is 81.1 Å². The summed E-state index contributed by atoms with van der Waals surface area (Å²) in [6.07, 6.45) is 2.24. The summed E-state index contributed by atoms with van der Waals surface area (Å²) in [5.74, 6) is -0.925. The molecular weight excluding hydrogens is 692 g/mol. The highest BCUT2D eigenvalue weighted by molar-refractivity contribution is 7.91. The molecule has 51 heavy (non-hydrogen) atoms. The molecule has 1 saturated heterocycles. The molecule has 280 valence electrons. The van der Waals surface area contributed by atoms with Gasteiger partial charge in [0.1, 0.15) is 34.8 Å². The SMILES string of the molecule is C=CC1C[C@]1(NC(=O)[C@@H]1C[C@@H](Oc2ccc(OC(C)(C)C(C)(C)C)c3ccc(Cl)cc23)CN1C(=O)C(NC)C(C)(C)C)C(=O)NS(=O)(=O)C1CC1. The van der Waals surface area contributed by atoms with Crippen molar-refractivity contribution >= 4 is 50.1 Å². The number of nitrogens with zero attached hydrogens (tertiary/aromatic N) is 1. The summed E-state index contributed by atoms with van der Waals surface area (Å²) in [6.45, 7) is 20.1. The summed E-state index contributed by atoms with van der Waals surface area (Å²) < 4.78 is 40.7. The molecule has 1 aliphatic heterocycles. The number of rotatable bonds is 12. The van der Waals surface area contributed by atoms with Crippen molar-refractivity contribution in [1.29, 1.82) is 0 Å². The maximum atomic E-state index is 14.2. The van der Waals surface area contributed by atoms with E-state index in [9.17, 15) is 22.8 Å². The van der Waals surface area contributed by atoms with Gasteiger partial charge < -0.3 is 25.0 Å². The number of amides is 3. The Morgan fingerprint density at radius 2 is 1.67 bits per heavy atom. The first-order valence-electron chi connectivity index (χ1n) is 17.6. The molecular formula is C38H53ClN4O7S. The van der Waals surface area contributed by atoms with Gasteiger partial charge in [-0.2, -0.15) is 0 Å². The van der Waals surface area contributed by atoms with Crippen LogP contribution >= 0.6 is 11.6 Å². The number of hydrogen-bond acceptors (Lipinski definition) is 8. The van der Waals surface area contributed by atoms with Crippen LogP contribution in [0.25, 0.3) is 10.8 Å². The van der Waals surface area contributed by atoms with Gasteiger partial charge in [-0.3, -0.25) is 19.1 Å². The molecule has 5 atom stereocenters. The molecule has 0 bridgehead atoms. The van der Waals surface area contributed by atoms with Crippen molar-refractivity contribution in [3.05, 3.63) is 48.0 Å². The van der Waals surface area contributed by atoms with E-state index in [2.05, 4.69) is 42.7 Å². The van der Waals surface area contributed by atoms with Crippen LogP contribution in [0.5, 0.6) is 11.5 Å². The average Bonchev–Trinajstić information content (AvgIpc) is 3.94. The number of halogens is 1. The Morgan fingerprint density at radius 3 is 2.22 bits per heavy atom. The maximum Gasteiger partial charge on any atom is 0.259 e. The Morgan fingerprint density at radius 1 is 1.02 bits per heavy atom. The van der Waals surface area contributed by atoms with E-state index in [0.717, 1.165) is 10.8 Å². The normalized spacial score (nSPS) is 24.5. The molecule has 2 aromatic carbocycles. The van der Waals surface area contributed by atoms with E-state index in [1.807, 2.05) is 58.9 Å². The molecule has 5 rings (SSSR count). The van der Waals surface area contributed by atoms with Gasteiger partial charge in [0.25, 0.3) is 5.91 Å². The number of carbonyl (C=O) groups excluding carboxylic acids is 3. The Bertz CT molecular complexity index is 1830. The zero-order valence-corrected chi connectivity index (χ0v) is 32.8. The highest BCUT2D eigenvalue weighted by Gasteiger charge is 2.62. The van der Waals surface area contributed by atoms with Crippen LogP contribution in [0.3, 0.4) is 0 Å². The summed E-state index contributed by atoms with van der Waals surface area (Å²) in [5, 5.41) is 7.38. The van der Waals surface area contributed by atoms with Gasteiger partial charge in [0.2, 0.25) is 21.8 Å². The standard InChI is InChI=1S/C38H53ClN4O7S/c1-11-22-20-38(22,34(46)42-51(47,48)25-13-14-25)41-32(44)28-19-24(21-43(28)33(45)31(40-10)35(2,3)4)49-29-16-17-30(50-37(8,9)36(5,6)7)26-15-12-23(39)18-27(26)29/h11-12,15-18,22,24-25,28,31,40H,1,13-14,19-21H2,2-10H3,(H,41,44)(H,42,46)/t22?,24-,28+,31?,38-/m1/s1. The molecule has 2 aliphatic carbocycles. The highest BCUT2D eigenvalue weighted by Crippen LogP contribution is 2.46. The molecule has 2 unspecified atom stereocenters. The Labute approximate surface area is 307 Å². The fraction of sp³-hybridized carbons (Fsp3) is 0.605. The third-order valence-corrected chi connectivity index (χ3v) is 12.9. The van der Waals surface area contributed by atoms with Gasteiger partial charge in [-0.05, 0) is 75.9 Å². The van der Waals surface area contributed by atoms with E-state index < -0.39 is 67.7 Å². The van der Waals surface area contributed by atoms with Gasteiger partial charge in [0, 0.05) is 33.5 Å². The molecule has 0 radical (unpaired) electrons. The minimum Gasteiger partial charge on any atom is -0.488 e. The fourth-order valence-electron chi connectivity index (χ4n) is 6.55. The van der Waals surface area contributed by atoms with Gasteiger partial charge in [-0.1, -0.05) is 59.2 Å². The van der Waals surface area contributed by atoms with Crippen molar-refractivity contribution in [2.24, 2.45) is 16.7 Å². The lowest BCUT2D eigenvalue weighted by molar-refractivity contribution is -0.142. The van der Waals surface area contributed by atoms with Crippen LogP contribution in [0, 0.1) is 16.7 Å². The maximum absolute atomic E-state index is 14.2. The van der Waals surface area contributed by atoms with E-state index in [1.165, 1.54) is 11.0 Å². The lowest BCUT2D eigenvalue weighted by atomic mass is 9.79. The van der Waals surface area contributed by atoms with Gasteiger partial charge >= 0.3 is 0 Å². The quantitative estimate of drug-likeness (QED) is 0.247. The molecule has 0 aromatic heterocycles. The molecule has 13 heteroatoms. The monoisotopic (exact) mass is 744 g/mol. The second-order valence-corrected chi connectivity index (χ2v) is 19.3. The van der Waals surface area contributed by atoms with Gasteiger partial charge in [0.05, 0.1) is 17.8 Å². The van der Waals surface area contributed by atoms with E-state index >= 15 is 0 Å². The number of likely N-dealkylation sites (N-methyl/N-ethyl adjacent to an activating group) is 1. The summed E-state index contributed by atoms with van der Waals surface area (Å²) in [5.41, 5.74) is -2.64. The number of nitrogens with one attached hydrogen (secondary N) is 3.